The first-order valence-electron chi connectivity index (χ1n) is 6.99. The maximum atomic E-state index is 11.5. The quantitative estimate of drug-likeness (QED) is 0.869. The molecular formula is C13H26N4O2S. The van der Waals surface area contributed by atoms with Crippen LogP contribution in [0.3, 0.4) is 0 Å². The fourth-order valence-corrected chi connectivity index (χ4v) is 3.22. The second-order valence-corrected chi connectivity index (χ2v) is 8.12. The van der Waals surface area contributed by atoms with Crippen LogP contribution >= 0.6 is 0 Å². The fourth-order valence-electron chi connectivity index (χ4n) is 2.56. The van der Waals surface area contributed by atoms with Crippen LogP contribution < -0.4 is 5.14 Å². The van der Waals surface area contributed by atoms with Gasteiger partial charge >= 0.3 is 0 Å². The monoisotopic (exact) mass is 302 g/mol. The van der Waals surface area contributed by atoms with Crippen LogP contribution in [0, 0.1) is 11.3 Å². The Labute approximate surface area is 121 Å². The summed E-state index contributed by atoms with van der Waals surface area (Å²) in [7, 11) is -3.82. The van der Waals surface area contributed by atoms with Crippen LogP contribution in [0.5, 0.6) is 0 Å². The molecule has 0 bridgehead atoms. The number of aromatic nitrogens is 3. The Hall–Kier alpha value is -0.950. The van der Waals surface area contributed by atoms with Gasteiger partial charge in [0.15, 0.2) is 0 Å². The van der Waals surface area contributed by atoms with Crippen molar-refractivity contribution in [2.45, 2.75) is 65.6 Å². The van der Waals surface area contributed by atoms with Gasteiger partial charge in [-0.05, 0) is 24.2 Å². The molecule has 0 aliphatic rings. The highest BCUT2D eigenvalue weighted by Gasteiger charge is 2.23. The number of hydrogen-bond donors (Lipinski definition) is 1. The molecule has 20 heavy (non-hydrogen) atoms. The first-order chi connectivity index (χ1) is 9.04. The van der Waals surface area contributed by atoms with E-state index in [0.717, 1.165) is 12.8 Å². The summed E-state index contributed by atoms with van der Waals surface area (Å²) in [6.45, 7) is 11.3. The van der Waals surface area contributed by atoms with Gasteiger partial charge in [0.05, 0.1) is 0 Å². The molecule has 0 fully saturated rings. The number of nitrogens with two attached hydrogens (primary N) is 1. The number of nitrogens with zero attached hydrogens (tertiary/aromatic N) is 3. The van der Waals surface area contributed by atoms with E-state index in [2.05, 4.69) is 37.9 Å². The zero-order valence-corrected chi connectivity index (χ0v) is 13.9. The van der Waals surface area contributed by atoms with E-state index in [1.807, 2.05) is 6.92 Å². The van der Waals surface area contributed by atoms with Crippen LogP contribution in [0.4, 0.5) is 0 Å². The van der Waals surface area contributed by atoms with Crippen molar-refractivity contribution in [2.75, 3.05) is 0 Å². The van der Waals surface area contributed by atoms with Crippen molar-refractivity contribution < 1.29 is 8.42 Å². The normalized spacial score (nSPS) is 14.5. The summed E-state index contributed by atoms with van der Waals surface area (Å²) in [5.41, 5.74) is 0.234. The van der Waals surface area contributed by atoms with E-state index in [4.69, 9.17) is 5.14 Å². The molecule has 1 rings (SSSR count). The van der Waals surface area contributed by atoms with Gasteiger partial charge in [0, 0.05) is 13.0 Å². The minimum atomic E-state index is -3.82. The number of rotatable bonds is 6. The van der Waals surface area contributed by atoms with Crippen LogP contribution in [0.2, 0.25) is 0 Å². The molecule has 1 unspecified atom stereocenters. The summed E-state index contributed by atoms with van der Waals surface area (Å²) in [5, 5.41) is 12.8. The molecule has 0 aliphatic heterocycles. The van der Waals surface area contributed by atoms with Crippen LogP contribution in [0.15, 0.2) is 5.16 Å². The second-order valence-electron chi connectivity index (χ2n) is 6.67. The lowest BCUT2D eigenvalue weighted by Gasteiger charge is -2.23. The van der Waals surface area contributed by atoms with Crippen LogP contribution in [0.25, 0.3) is 0 Å². The third kappa shape index (κ3) is 4.86. The van der Waals surface area contributed by atoms with Gasteiger partial charge in [-0.1, -0.05) is 34.6 Å². The highest BCUT2D eigenvalue weighted by molar-refractivity contribution is 7.89. The Kier molecular flexibility index (Phi) is 5.32. The van der Waals surface area contributed by atoms with Gasteiger partial charge in [0.1, 0.15) is 5.82 Å². The molecule has 0 radical (unpaired) electrons. The van der Waals surface area contributed by atoms with E-state index in [1.54, 1.807) is 4.57 Å². The van der Waals surface area contributed by atoms with E-state index in [9.17, 15) is 8.42 Å². The number of sulfonamides is 1. The van der Waals surface area contributed by atoms with Crippen LogP contribution in [-0.4, -0.2) is 23.2 Å². The highest BCUT2D eigenvalue weighted by atomic mass is 32.2. The van der Waals surface area contributed by atoms with Gasteiger partial charge < -0.3 is 4.57 Å². The SMILES string of the molecule is CCCn1c(CC(C)CC(C)(C)C)nnc1S(N)(=O)=O. The predicted octanol–water partition coefficient (Wildman–Crippen LogP) is 1.95. The third-order valence-corrected chi connectivity index (χ3v) is 3.80. The molecule has 7 heteroatoms. The molecule has 1 aromatic heterocycles. The van der Waals surface area contributed by atoms with E-state index < -0.39 is 10.0 Å². The van der Waals surface area contributed by atoms with Gasteiger partial charge in [-0.2, -0.15) is 0 Å². The van der Waals surface area contributed by atoms with Crippen molar-refractivity contribution in [3.63, 3.8) is 0 Å². The molecule has 0 spiro atoms. The largest absolute Gasteiger partial charge is 0.301 e. The summed E-state index contributed by atoms with van der Waals surface area (Å²) in [6, 6.07) is 0. The molecule has 1 atom stereocenters. The molecule has 1 aromatic rings. The Bertz CT molecular complexity index is 543. The third-order valence-electron chi connectivity index (χ3n) is 2.99. The molecule has 0 aliphatic carbocycles. The first kappa shape index (κ1) is 17.1. The summed E-state index contributed by atoms with van der Waals surface area (Å²) in [4.78, 5) is 0. The van der Waals surface area contributed by atoms with Crippen molar-refractivity contribution in [3.8, 4) is 0 Å². The summed E-state index contributed by atoms with van der Waals surface area (Å²) in [6.07, 6.45) is 2.55. The van der Waals surface area contributed by atoms with Crippen molar-refractivity contribution in [3.05, 3.63) is 5.82 Å². The topological polar surface area (TPSA) is 90.9 Å². The zero-order valence-electron chi connectivity index (χ0n) is 13.0. The second kappa shape index (κ2) is 6.22. The Balaban J connectivity index is 2.99. The van der Waals surface area contributed by atoms with Gasteiger partial charge in [0.2, 0.25) is 0 Å². The number of primary sulfonamides is 1. The lowest BCUT2D eigenvalue weighted by molar-refractivity contribution is 0.301. The summed E-state index contributed by atoms with van der Waals surface area (Å²) >= 11 is 0. The average Bonchev–Trinajstić information content (AvgIpc) is 2.58. The first-order valence-corrected chi connectivity index (χ1v) is 8.54. The van der Waals surface area contributed by atoms with Gasteiger partial charge in [0.25, 0.3) is 15.2 Å². The Morgan fingerprint density at radius 3 is 2.35 bits per heavy atom. The lowest BCUT2D eigenvalue weighted by atomic mass is 9.84. The molecule has 116 valence electrons. The molecule has 6 nitrogen and oxygen atoms in total. The average molecular weight is 302 g/mol. The molecule has 0 aromatic carbocycles. The van der Waals surface area contributed by atoms with E-state index in [0.29, 0.717) is 24.7 Å². The molecule has 0 saturated heterocycles. The van der Waals surface area contributed by atoms with Crippen LogP contribution in [0.1, 0.15) is 53.3 Å². The fraction of sp³-hybridized carbons (Fsp3) is 0.846. The minimum absolute atomic E-state index is 0.127. The molecule has 0 saturated carbocycles. The van der Waals surface area contributed by atoms with Gasteiger partial charge in [-0.15, -0.1) is 10.2 Å². The van der Waals surface area contributed by atoms with E-state index >= 15 is 0 Å². The lowest BCUT2D eigenvalue weighted by Crippen LogP contribution is -2.20. The molecule has 0 amide bonds. The Morgan fingerprint density at radius 2 is 1.90 bits per heavy atom. The maximum absolute atomic E-state index is 11.5. The van der Waals surface area contributed by atoms with Gasteiger partial charge in [-0.3, -0.25) is 0 Å². The van der Waals surface area contributed by atoms with Gasteiger partial charge in [-0.25, -0.2) is 13.6 Å². The van der Waals surface area contributed by atoms with Crippen molar-refractivity contribution in [2.24, 2.45) is 16.5 Å². The number of hydrogen-bond acceptors (Lipinski definition) is 4. The summed E-state index contributed by atoms with van der Waals surface area (Å²) < 4.78 is 24.7. The van der Waals surface area contributed by atoms with Crippen molar-refractivity contribution in [1.29, 1.82) is 0 Å². The minimum Gasteiger partial charge on any atom is -0.301 e. The molecular weight excluding hydrogens is 276 g/mol. The molecule has 1 heterocycles. The van der Waals surface area contributed by atoms with Crippen molar-refractivity contribution >= 4 is 10.0 Å². The zero-order chi connectivity index (χ0) is 15.6. The predicted molar refractivity (Wildman–Crippen MR) is 78.6 cm³/mol. The van der Waals surface area contributed by atoms with E-state index in [1.165, 1.54) is 0 Å². The maximum Gasteiger partial charge on any atom is 0.273 e. The van der Waals surface area contributed by atoms with Crippen LogP contribution in [-0.2, 0) is 23.0 Å². The standard InChI is InChI=1S/C13H26N4O2S/c1-6-7-17-11(8-10(2)9-13(3,4)5)15-16-12(17)20(14,18)19/h10H,6-9H2,1-5H3,(H2,14,18,19). The van der Waals surface area contributed by atoms with Crippen molar-refractivity contribution in [1.82, 2.24) is 14.8 Å². The highest BCUT2D eigenvalue weighted by Crippen LogP contribution is 2.26. The summed E-state index contributed by atoms with van der Waals surface area (Å²) in [5.74, 6) is 1.11. The Morgan fingerprint density at radius 1 is 1.30 bits per heavy atom. The van der Waals surface area contributed by atoms with E-state index in [-0.39, 0.29) is 10.6 Å². The smallest absolute Gasteiger partial charge is 0.273 e. The molecule has 2 N–H and O–H groups in total.